The van der Waals surface area contributed by atoms with E-state index in [1.54, 1.807) is 13.3 Å². The molecule has 1 heterocycles. The summed E-state index contributed by atoms with van der Waals surface area (Å²) in [7, 11) is 3.75. The average molecular weight is 301 g/mol. The molecule has 0 radical (unpaired) electrons. The zero-order valence-corrected chi connectivity index (χ0v) is 13.1. The Balaban J connectivity index is 1.98. The third-order valence-electron chi connectivity index (χ3n) is 3.14. The second-order valence-corrected chi connectivity index (χ2v) is 5.37. The molecule has 21 heavy (non-hydrogen) atoms. The van der Waals surface area contributed by atoms with Crippen molar-refractivity contribution in [2.75, 3.05) is 14.2 Å². The largest absolute Gasteiger partial charge is 0.497 e. The molecule has 0 aliphatic carbocycles. The van der Waals surface area contributed by atoms with Crippen molar-refractivity contribution in [1.82, 2.24) is 9.88 Å². The summed E-state index contributed by atoms with van der Waals surface area (Å²) in [6.45, 7) is 1.67. The van der Waals surface area contributed by atoms with Crippen molar-refractivity contribution in [2.45, 2.75) is 13.1 Å². The van der Waals surface area contributed by atoms with Gasteiger partial charge in [0.2, 0.25) is 0 Å². The van der Waals surface area contributed by atoms with E-state index in [9.17, 15) is 0 Å². The van der Waals surface area contributed by atoms with E-state index in [4.69, 9.17) is 22.7 Å². The lowest BCUT2D eigenvalue weighted by atomic mass is 10.2. The summed E-state index contributed by atoms with van der Waals surface area (Å²) < 4.78 is 5.16. The van der Waals surface area contributed by atoms with E-state index < -0.39 is 0 Å². The molecule has 1 aromatic carbocycles. The van der Waals surface area contributed by atoms with Gasteiger partial charge < -0.3 is 10.5 Å². The molecule has 0 amide bonds. The Morgan fingerprint density at radius 1 is 1.19 bits per heavy atom. The van der Waals surface area contributed by atoms with Gasteiger partial charge in [0.25, 0.3) is 0 Å². The van der Waals surface area contributed by atoms with Crippen LogP contribution in [0.2, 0.25) is 0 Å². The molecule has 0 saturated heterocycles. The number of ether oxygens (including phenoxy) is 1. The number of rotatable bonds is 6. The minimum absolute atomic E-state index is 0.328. The molecule has 2 rings (SSSR count). The van der Waals surface area contributed by atoms with Gasteiger partial charge in [0.15, 0.2) is 0 Å². The van der Waals surface area contributed by atoms with Crippen molar-refractivity contribution in [3.05, 3.63) is 59.4 Å². The molecule has 0 bridgehead atoms. The summed E-state index contributed by atoms with van der Waals surface area (Å²) in [4.78, 5) is 6.70. The number of thiocarbonyl (C=S) groups is 1. The topological polar surface area (TPSA) is 51.4 Å². The number of pyridine rings is 1. The lowest BCUT2D eigenvalue weighted by Gasteiger charge is -2.17. The van der Waals surface area contributed by atoms with Gasteiger partial charge in [-0.2, -0.15) is 0 Å². The van der Waals surface area contributed by atoms with Crippen LogP contribution in [0.1, 0.15) is 16.8 Å². The lowest BCUT2D eigenvalue weighted by molar-refractivity contribution is 0.318. The summed E-state index contributed by atoms with van der Waals surface area (Å²) in [5, 5.41) is 0. The van der Waals surface area contributed by atoms with Gasteiger partial charge >= 0.3 is 0 Å². The number of hydrogen-bond acceptors (Lipinski definition) is 4. The van der Waals surface area contributed by atoms with Crippen LogP contribution in [0.5, 0.6) is 5.75 Å². The van der Waals surface area contributed by atoms with E-state index in [0.29, 0.717) is 10.7 Å². The average Bonchev–Trinajstić information content (AvgIpc) is 2.48. The first-order valence-corrected chi connectivity index (χ1v) is 7.05. The van der Waals surface area contributed by atoms with Crippen LogP contribution in [0.15, 0.2) is 42.6 Å². The molecule has 110 valence electrons. The lowest BCUT2D eigenvalue weighted by Crippen LogP contribution is -2.18. The second kappa shape index (κ2) is 7.15. The fraction of sp³-hybridized carbons (Fsp3) is 0.250. The van der Waals surface area contributed by atoms with Gasteiger partial charge in [-0.1, -0.05) is 24.4 Å². The maximum atomic E-state index is 5.61. The molecule has 0 atom stereocenters. The molecule has 0 unspecified atom stereocenters. The fourth-order valence-electron chi connectivity index (χ4n) is 2.12. The Labute approximate surface area is 130 Å². The highest BCUT2D eigenvalue weighted by molar-refractivity contribution is 7.80. The summed E-state index contributed by atoms with van der Waals surface area (Å²) >= 11 is 4.95. The second-order valence-electron chi connectivity index (χ2n) is 4.93. The van der Waals surface area contributed by atoms with Crippen molar-refractivity contribution in [3.8, 4) is 5.75 Å². The quantitative estimate of drug-likeness (QED) is 0.830. The van der Waals surface area contributed by atoms with Crippen LogP contribution in [0.3, 0.4) is 0 Å². The molecule has 1 aromatic heterocycles. The number of methoxy groups -OCH3 is 1. The number of nitrogens with zero attached hydrogens (tertiary/aromatic N) is 2. The van der Waals surface area contributed by atoms with Crippen LogP contribution in [-0.2, 0) is 13.1 Å². The first-order valence-electron chi connectivity index (χ1n) is 6.64. The van der Waals surface area contributed by atoms with Gasteiger partial charge in [-0.3, -0.25) is 9.88 Å². The molecule has 0 fully saturated rings. The van der Waals surface area contributed by atoms with Crippen molar-refractivity contribution in [3.63, 3.8) is 0 Å². The maximum Gasteiger partial charge on any atom is 0.122 e. The van der Waals surface area contributed by atoms with E-state index in [1.807, 2.05) is 24.3 Å². The van der Waals surface area contributed by atoms with Crippen LogP contribution >= 0.6 is 12.2 Å². The summed E-state index contributed by atoms with van der Waals surface area (Å²) in [5.74, 6) is 0.872. The Kier molecular flexibility index (Phi) is 5.25. The van der Waals surface area contributed by atoms with E-state index >= 15 is 0 Å². The highest BCUT2D eigenvalue weighted by Gasteiger charge is 2.05. The predicted molar refractivity (Wildman–Crippen MR) is 88.3 cm³/mol. The third kappa shape index (κ3) is 4.51. The third-order valence-corrected chi connectivity index (χ3v) is 3.35. The fourth-order valence-corrected chi connectivity index (χ4v) is 2.23. The van der Waals surface area contributed by atoms with Gasteiger partial charge in [0.05, 0.1) is 12.8 Å². The highest BCUT2D eigenvalue weighted by Crippen LogP contribution is 2.14. The molecule has 0 aliphatic rings. The van der Waals surface area contributed by atoms with Crippen molar-refractivity contribution >= 4 is 17.2 Å². The molecule has 5 heteroatoms. The SMILES string of the molecule is COc1ccc(CN(C)Cc2ccnc(C(N)=S)c2)cc1. The first kappa shape index (κ1) is 15.4. The van der Waals surface area contributed by atoms with Gasteiger partial charge in [0, 0.05) is 19.3 Å². The molecular formula is C16H19N3OS. The molecule has 2 N–H and O–H groups in total. The van der Waals surface area contributed by atoms with Gasteiger partial charge in [-0.05, 0) is 42.4 Å². The summed E-state index contributed by atoms with van der Waals surface area (Å²) in [6.07, 6.45) is 1.74. The predicted octanol–water partition coefficient (Wildman–Crippen LogP) is 2.36. The minimum atomic E-state index is 0.328. The van der Waals surface area contributed by atoms with E-state index in [-0.39, 0.29) is 0 Å². The summed E-state index contributed by atoms with van der Waals surface area (Å²) in [6, 6.07) is 12.0. The molecular weight excluding hydrogens is 282 g/mol. The van der Waals surface area contributed by atoms with Crippen LogP contribution in [0, 0.1) is 0 Å². The van der Waals surface area contributed by atoms with Crippen LogP contribution in [0.25, 0.3) is 0 Å². The van der Waals surface area contributed by atoms with Crippen LogP contribution < -0.4 is 10.5 Å². The zero-order valence-electron chi connectivity index (χ0n) is 12.2. The Hall–Kier alpha value is -1.98. The molecule has 2 aromatic rings. The van der Waals surface area contributed by atoms with E-state index in [1.165, 1.54) is 5.56 Å². The van der Waals surface area contributed by atoms with Crippen molar-refractivity contribution in [2.24, 2.45) is 5.73 Å². The Bertz CT molecular complexity index is 613. The van der Waals surface area contributed by atoms with Crippen LogP contribution in [0.4, 0.5) is 0 Å². The smallest absolute Gasteiger partial charge is 0.122 e. The van der Waals surface area contributed by atoms with Gasteiger partial charge in [-0.15, -0.1) is 0 Å². The monoisotopic (exact) mass is 301 g/mol. The van der Waals surface area contributed by atoms with Gasteiger partial charge in [0.1, 0.15) is 10.7 Å². The highest BCUT2D eigenvalue weighted by atomic mass is 32.1. The van der Waals surface area contributed by atoms with E-state index in [0.717, 1.165) is 24.4 Å². The summed E-state index contributed by atoms with van der Waals surface area (Å²) in [5.41, 5.74) is 8.66. The molecule has 0 saturated carbocycles. The maximum absolute atomic E-state index is 5.61. The normalized spacial score (nSPS) is 10.6. The van der Waals surface area contributed by atoms with Crippen molar-refractivity contribution < 1.29 is 4.74 Å². The Morgan fingerprint density at radius 2 is 1.86 bits per heavy atom. The minimum Gasteiger partial charge on any atom is -0.497 e. The standard InChI is InChI=1S/C16H19N3OS/c1-19(10-12-3-5-14(20-2)6-4-12)11-13-7-8-18-15(9-13)16(17)21/h3-9H,10-11H2,1-2H3,(H2,17,21). The first-order chi connectivity index (χ1) is 10.1. The van der Waals surface area contributed by atoms with Gasteiger partial charge in [-0.25, -0.2) is 0 Å². The zero-order chi connectivity index (χ0) is 15.2. The van der Waals surface area contributed by atoms with Crippen LogP contribution in [-0.4, -0.2) is 29.0 Å². The van der Waals surface area contributed by atoms with E-state index in [2.05, 4.69) is 29.1 Å². The van der Waals surface area contributed by atoms with Crippen molar-refractivity contribution in [1.29, 1.82) is 0 Å². The molecule has 4 nitrogen and oxygen atoms in total. The molecule has 0 spiro atoms. The number of hydrogen-bond donors (Lipinski definition) is 1. The number of aromatic nitrogens is 1. The Morgan fingerprint density at radius 3 is 2.48 bits per heavy atom. The number of benzene rings is 1. The molecule has 0 aliphatic heterocycles. The number of nitrogens with two attached hydrogens (primary N) is 1.